The average Bonchev–Trinajstić information content (AvgIpc) is 2.21. The number of aliphatic carboxylic acids is 3. The molecule has 0 rings (SSSR count). The summed E-state index contributed by atoms with van der Waals surface area (Å²) < 4.78 is 11.6. The van der Waals surface area contributed by atoms with Crippen molar-refractivity contribution in [1.82, 2.24) is 0 Å². The van der Waals surface area contributed by atoms with Gasteiger partial charge in [0.05, 0.1) is 12.3 Å². The van der Waals surface area contributed by atoms with Crippen molar-refractivity contribution in [2.24, 2.45) is 5.92 Å². The molecule has 0 saturated carbocycles. The Labute approximate surface area is 103 Å². The lowest BCUT2D eigenvalue weighted by Crippen LogP contribution is -2.20. The monoisotopic (exact) mass is 282 g/mol. The number of hydrogen-bond acceptors (Lipinski definition) is 4. The number of hydrogen-bond donors (Lipinski definition) is 4. The van der Waals surface area contributed by atoms with E-state index in [2.05, 4.69) is 0 Å². The van der Waals surface area contributed by atoms with Crippen LogP contribution in [0.2, 0.25) is 0 Å². The van der Waals surface area contributed by atoms with Crippen molar-refractivity contribution in [2.75, 3.05) is 12.3 Å². The molecular weight excluding hydrogens is 267 g/mol. The van der Waals surface area contributed by atoms with Crippen molar-refractivity contribution in [1.29, 1.82) is 0 Å². The third-order valence-electron chi connectivity index (χ3n) is 2.24. The first kappa shape index (κ1) is 16.6. The molecule has 0 amide bonds. The number of carboxylic acid groups (broad SMARTS) is 3. The van der Waals surface area contributed by atoms with Gasteiger partial charge < -0.3 is 20.2 Å². The van der Waals surface area contributed by atoms with Crippen LogP contribution in [0, 0.1) is 5.92 Å². The minimum absolute atomic E-state index is 0.262. The molecule has 2 atom stereocenters. The van der Waals surface area contributed by atoms with Gasteiger partial charge in [-0.05, 0) is 6.42 Å². The molecule has 0 fully saturated rings. The third-order valence-corrected chi connectivity index (χ3v) is 4.17. The van der Waals surface area contributed by atoms with Crippen LogP contribution < -0.4 is 0 Å². The molecule has 0 heterocycles. The summed E-state index contributed by atoms with van der Waals surface area (Å²) >= 11 is 0. The second-order valence-corrected chi connectivity index (χ2v) is 6.37. The molecule has 0 aromatic carbocycles. The summed E-state index contributed by atoms with van der Waals surface area (Å²) in [6, 6.07) is 0. The van der Waals surface area contributed by atoms with Crippen molar-refractivity contribution in [3.8, 4) is 0 Å². The molecule has 0 aliphatic heterocycles. The van der Waals surface area contributed by atoms with Gasteiger partial charge in [-0.2, -0.15) is 0 Å². The molecule has 4 N–H and O–H groups in total. The second kappa shape index (κ2) is 7.13. The first-order valence-electron chi connectivity index (χ1n) is 5.11. The normalized spacial score (nSPS) is 15.6. The van der Waals surface area contributed by atoms with E-state index < -0.39 is 56.4 Å². The van der Waals surface area contributed by atoms with E-state index in [4.69, 9.17) is 15.3 Å². The van der Waals surface area contributed by atoms with Crippen molar-refractivity contribution in [3.63, 3.8) is 0 Å². The summed E-state index contributed by atoms with van der Waals surface area (Å²) in [6.45, 7) is 0. The molecular formula is C9H15O8P. The Morgan fingerprint density at radius 2 is 1.50 bits per heavy atom. The molecule has 0 aliphatic carbocycles. The molecule has 0 radical (unpaired) electrons. The fraction of sp³-hybridized carbons (Fsp3) is 0.667. The quantitative estimate of drug-likeness (QED) is 0.441. The highest BCUT2D eigenvalue weighted by Crippen LogP contribution is 2.43. The van der Waals surface area contributed by atoms with Crippen LogP contribution in [0.3, 0.4) is 0 Å². The molecule has 0 aliphatic rings. The third kappa shape index (κ3) is 7.81. The molecule has 104 valence electrons. The summed E-state index contributed by atoms with van der Waals surface area (Å²) in [6.07, 6.45) is -2.33. The van der Waals surface area contributed by atoms with Gasteiger partial charge >= 0.3 is 17.9 Å². The fourth-order valence-electron chi connectivity index (χ4n) is 1.30. The van der Waals surface area contributed by atoms with Gasteiger partial charge in [-0.15, -0.1) is 0 Å². The highest BCUT2D eigenvalue weighted by Gasteiger charge is 2.29. The maximum Gasteiger partial charge on any atom is 0.307 e. The zero-order valence-electron chi connectivity index (χ0n) is 9.48. The Bertz CT molecular complexity index is 377. The minimum Gasteiger partial charge on any atom is -0.481 e. The lowest BCUT2D eigenvalue weighted by atomic mass is 10.1. The molecule has 0 aromatic heterocycles. The predicted octanol–water partition coefficient (Wildman–Crippen LogP) is 0.297. The van der Waals surface area contributed by atoms with Crippen LogP contribution in [0.15, 0.2) is 0 Å². The summed E-state index contributed by atoms with van der Waals surface area (Å²) in [5.74, 6) is -5.06. The Morgan fingerprint density at radius 1 is 1.00 bits per heavy atom. The van der Waals surface area contributed by atoms with E-state index in [9.17, 15) is 23.8 Å². The van der Waals surface area contributed by atoms with Gasteiger partial charge in [0.1, 0.15) is 0 Å². The second-order valence-electron chi connectivity index (χ2n) is 3.86. The van der Waals surface area contributed by atoms with Crippen LogP contribution in [-0.2, 0) is 18.9 Å². The molecule has 0 spiro atoms. The largest absolute Gasteiger partial charge is 0.481 e. The van der Waals surface area contributed by atoms with Crippen LogP contribution >= 0.6 is 7.37 Å². The van der Waals surface area contributed by atoms with Crippen LogP contribution in [-0.4, -0.2) is 50.4 Å². The molecule has 8 nitrogen and oxygen atoms in total. The minimum atomic E-state index is -3.87. The zero-order chi connectivity index (χ0) is 14.3. The lowest BCUT2D eigenvalue weighted by Gasteiger charge is -2.15. The van der Waals surface area contributed by atoms with Crippen molar-refractivity contribution < 1.29 is 39.2 Å². The van der Waals surface area contributed by atoms with Gasteiger partial charge in [0, 0.05) is 18.7 Å². The molecule has 2 unspecified atom stereocenters. The van der Waals surface area contributed by atoms with Crippen molar-refractivity contribution in [2.45, 2.75) is 19.3 Å². The molecule has 9 heteroatoms. The Balaban J connectivity index is 4.46. The van der Waals surface area contributed by atoms with Crippen LogP contribution in [0.25, 0.3) is 0 Å². The molecule has 0 aromatic rings. The lowest BCUT2D eigenvalue weighted by molar-refractivity contribution is -0.142. The van der Waals surface area contributed by atoms with E-state index in [1.165, 1.54) is 0 Å². The van der Waals surface area contributed by atoms with Crippen LogP contribution in [0.4, 0.5) is 0 Å². The van der Waals surface area contributed by atoms with Crippen LogP contribution in [0.1, 0.15) is 19.3 Å². The predicted molar refractivity (Wildman–Crippen MR) is 59.8 cm³/mol. The smallest absolute Gasteiger partial charge is 0.307 e. The molecule has 0 bridgehead atoms. The molecule has 18 heavy (non-hydrogen) atoms. The van der Waals surface area contributed by atoms with Gasteiger partial charge in [0.15, 0.2) is 0 Å². The van der Waals surface area contributed by atoms with Gasteiger partial charge in [0.2, 0.25) is 7.37 Å². The topological polar surface area (TPSA) is 149 Å². The highest BCUT2D eigenvalue weighted by molar-refractivity contribution is 7.58. The van der Waals surface area contributed by atoms with Crippen molar-refractivity contribution in [3.05, 3.63) is 0 Å². The van der Waals surface area contributed by atoms with E-state index in [-0.39, 0.29) is 6.42 Å². The van der Waals surface area contributed by atoms with E-state index in [1.807, 2.05) is 0 Å². The Morgan fingerprint density at radius 3 is 1.89 bits per heavy atom. The standard InChI is InChI=1S/C9H15O8P/c10-7(11)2-1-6(9(14)15)5-18(16,17)4-3-8(12)13/h6H,1-5H2,(H,10,11)(H,12,13)(H,14,15)(H,16,17). The van der Waals surface area contributed by atoms with E-state index in [0.717, 1.165) is 0 Å². The summed E-state index contributed by atoms with van der Waals surface area (Å²) in [5.41, 5.74) is 0. The maximum absolute atomic E-state index is 11.6. The van der Waals surface area contributed by atoms with Crippen LogP contribution in [0.5, 0.6) is 0 Å². The van der Waals surface area contributed by atoms with E-state index in [1.54, 1.807) is 0 Å². The van der Waals surface area contributed by atoms with Gasteiger partial charge in [-0.25, -0.2) is 0 Å². The van der Waals surface area contributed by atoms with Crippen molar-refractivity contribution >= 4 is 25.3 Å². The van der Waals surface area contributed by atoms with E-state index >= 15 is 0 Å². The SMILES string of the molecule is O=C(O)CCC(CP(=O)(O)CCC(=O)O)C(=O)O. The summed E-state index contributed by atoms with van der Waals surface area (Å²) in [4.78, 5) is 40.8. The molecule has 0 saturated heterocycles. The zero-order valence-corrected chi connectivity index (χ0v) is 10.4. The van der Waals surface area contributed by atoms with Gasteiger partial charge in [-0.3, -0.25) is 18.9 Å². The summed E-state index contributed by atoms with van der Waals surface area (Å²) in [5, 5.41) is 25.6. The number of carbonyl (C=O) groups is 3. The number of carboxylic acids is 3. The fourth-order valence-corrected chi connectivity index (χ4v) is 3.05. The summed E-state index contributed by atoms with van der Waals surface area (Å²) in [7, 11) is -3.87. The highest BCUT2D eigenvalue weighted by atomic mass is 31.2. The average molecular weight is 282 g/mol. The van der Waals surface area contributed by atoms with Gasteiger partial charge in [-0.1, -0.05) is 0 Å². The van der Waals surface area contributed by atoms with E-state index in [0.29, 0.717) is 0 Å². The Kier molecular flexibility index (Phi) is 6.57. The Hall–Kier alpha value is -1.40. The first-order valence-corrected chi connectivity index (χ1v) is 7.14. The van der Waals surface area contributed by atoms with Gasteiger partial charge in [0.25, 0.3) is 0 Å². The first-order chi connectivity index (χ1) is 8.14. The number of rotatable bonds is 9. The maximum atomic E-state index is 11.6.